The lowest BCUT2D eigenvalue weighted by Gasteiger charge is -2.20. The van der Waals surface area contributed by atoms with E-state index in [1.807, 2.05) is 4.90 Å². The summed E-state index contributed by atoms with van der Waals surface area (Å²) >= 11 is 0. The van der Waals surface area contributed by atoms with Gasteiger partial charge in [0.1, 0.15) is 5.82 Å². The molecule has 0 saturated carbocycles. The monoisotopic (exact) mass is 372 g/mol. The van der Waals surface area contributed by atoms with Gasteiger partial charge in [0.15, 0.2) is 0 Å². The van der Waals surface area contributed by atoms with E-state index in [1.54, 1.807) is 19.1 Å². The lowest BCUT2D eigenvalue weighted by Crippen LogP contribution is -2.32. The molecule has 1 aromatic heterocycles. The fraction of sp³-hybridized carbons (Fsp3) is 0.550. The number of hydrogen-bond acceptors (Lipinski definition) is 5. The SMILES string of the molecule is Cc1cc(-c2noc(CCC(=O)N3CC[C@@H]4CNC[C@@H]4CC3)n2)ccc1F. The molecule has 1 N–H and O–H groups in total. The van der Waals surface area contributed by atoms with E-state index in [-0.39, 0.29) is 11.7 Å². The Balaban J connectivity index is 1.33. The molecule has 7 heteroatoms. The third-order valence-electron chi connectivity index (χ3n) is 5.81. The number of hydrogen-bond donors (Lipinski definition) is 1. The number of nitrogens with one attached hydrogen (secondary N) is 1. The van der Waals surface area contributed by atoms with Gasteiger partial charge in [-0.15, -0.1) is 0 Å². The minimum atomic E-state index is -0.259. The summed E-state index contributed by atoms with van der Waals surface area (Å²) in [4.78, 5) is 18.9. The predicted octanol–water partition coefficient (Wildman–Crippen LogP) is 2.57. The highest BCUT2D eigenvalue weighted by molar-refractivity contribution is 5.76. The quantitative estimate of drug-likeness (QED) is 0.893. The minimum absolute atomic E-state index is 0.153. The number of halogens is 1. The van der Waals surface area contributed by atoms with Gasteiger partial charge in [-0.3, -0.25) is 4.79 Å². The van der Waals surface area contributed by atoms with Crippen LogP contribution in [0.5, 0.6) is 0 Å². The molecule has 3 heterocycles. The summed E-state index contributed by atoms with van der Waals surface area (Å²) in [6, 6.07) is 4.72. The van der Waals surface area contributed by atoms with Gasteiger partial charge in [-0.05, 0) is 68.5 Å². The van der Waals surface area contributed by atoms with Crippen molar-refractivity contribution in [2.75, 3.05) is 26.2 Å². The van der Waals surface area contributed by atoms with Crippen LogP contribution in [0.2, 0.25) is 0 Å². The molecule has 2 fully saturated rings. The standard InChI is InChI=1S/C20H25FN4O2/c1-13-10-14(2-3-17(13)21)20-23-18(27-24-20)4-5-19(26)25-8-6-15-11-22-12-16(15)7-9-25/h2-3,10,15-16,22H,4-9,11-12H2,1H3/t15-,16+. The molecule has 2 saturated heterocycles. The van der Waals surface area contributed by atoms with E-state index in [2.05, 4.69) is 15.5 Å². The molecule has 0 aliphatic carbocycles. The molecular weight excluding hydrogens is 347 g/mol. The number of likely N-dealkylation sites (tertiary alicyclic amines) is 1. The molecule has 2 aromatic rings. The Labute approximate surface area is 158 Å². The first kappa shape index (κ1) is 18.1. The molecule has 0 bridgehead atoms. The van der Waals surface area contributed by atoms with Gasteiger partial charge in [-0.2, -0.15) is 4.98 Å². The highest BCUT2D eigenvalue weighted by atomic mass is 19.1. The summed E-state index contributed by atoms with van der Waals surface area (Å²) < 4.78 is 18.7. The molecule has 1 aromatic carbocycles. The second-order valence-electron chi connectivity index (χ2n) is 7.61. The Kier molecular flexibility index (Phi) is 5.20. The maximum atomic E-state index is 13.4. The van der Waals surface area contributed by atoms with Crippen molar-refractivity contribution in [3.05, 3.63) is 35.5 Å². The van der Waals surface area contributed by atoms with E-state index >= 15 is 0 Å². The van der Waals surface area contributed by atoms with E-state index in [0.29, 0.717) is 47.5 Å². The number of carbonyl (C=O) groups excluding carboxylic acids is 1. The topological polar surface area (TPSA) is 71.3 Å². The van der Waals surface area contributed by atoms with Crippen LogP contribution in [0, 0.1) is 24.6 Å². The Bertz CT molecular complexity index is 808. The summed E-state index contributed by atoms with van der Waals surface area (Å²) in [5, 5.41) is 7.41. The van der Waals surface area contributed by atoms with Crippen molar-refractivity contribution in [3.63, 3.8) is 0 Å². The van der Waals surface area contributed by atoms with Gasteiger partial charge in [0.25, 0.3) is 0 Å². The van der Waals surface area contributed by atoms with Gasteiger partial charge < -0.3 is 14.7 Å². The number of fused-ring (bicyclic) bond motifs is 1. The minimum Gasteiger partial charge on any atom is -0.343 e. The van der Waals surface area contributed by atoms with Crippen molar-refractivity contribution >= 4 is 5.91 Å². The van der Waals surface area contributed by atoms with Crippen LogP contribution in [0.1, 0.15) is 30.7 Å². The average molecular weight is 372 g/mol. The second kappa shape index (κ2) is 7.76. The first-order valence-corrected chi connectivity index (χ1v) is 9.68. The zero-order valence-corrected chi connectivity index (χ0v) is 15.6. The molecule has 6 nitrogen and oxygen atoms in total. The number of carbonyl (C=O) groups is 1. The third-order valence-corrected chi connectivity index (χ3v) is 5.81. The van der Waals surface area contributed by atoms with Crippen LogP contribution in [0.15, 0.2) is 22.7 Å². The average Bonchev–Trinajstić information content (AvgIpc) is 3.28. The zero-order chi connectivity index (χ0) is 18.8. The van der Waals surface area contributed by atoms with Crippen LogP contribution in [-0.2, 0) is 11.2 Å². The van der Waals surface area contributed by atoms with Crippen molar-refractivity contribution in [2.45, 2.75) is 32.6 Å². The van der Waals surface area contributed by atoms with Crippen molar-refractivity contribution < 1.29 is 13.7 Å². The highest BCUT2D eigenvalue weighted by Gasteiger charge is 2.31. The molecule has 27 heavy (non-hydrogen) atoms. The Morgan fingerprint density at radius 2 is 2.04 bits per heavy atom. The number of nitrogens with zero attached hydrogens (tertiary/aromatic N) is 3. The predicted molar refractivity (Wildman–Crippen MR) is 98.4 cm³/mol. The molecule has 0 spiro atoms. The van der Waals surface area contributed by atoms with E-state index in [1.165, 1.54) is 6.07 Å². The molecule has 4 rings (SSSR count). The van der Waals surface area contributed by atoms with Gasteiger partial charge in [0.2, 0.25) is 17.6 Å². The molecule has 1 amide bonds. The van der Waals surface area contributed by atoms with Gasteiger partial charge in [-0.1, -0.05) is 5.16 Å². The lowest BCUT2D eigenvalue weighted by atomic mass is 9.92. The third kappa shape index (κ3) is 4.03. The number of rotatable bonds is 4. The van der Waals surface area contributed by atoms with Crippen molar-refractivity contribution in [2.24, 2.45) is 11.8 Å². The Hall–Kier alpha value is -2.28. The molecule has 0 unspecified atom stereocenters. The molecular formula is C20H25FN4O2. The molecule has 2 aliphatic heterocycles. The normalized spacial score (nSPS) is 22.5. The maximum Gasteiger partial charge on any atom is 0.227 e. The van der Waals surface area contributed by atoms with E-state index in [9.17, 15) is 9.18 Å². The maximum absolute atomic E-state index is 13.4. The van der Waals surface area contributed by atoms with Crippen molar-refractivity contribution in [3.8, 4) is 11.4 Å². The lowest BCUT2D eigenvalue weighted by molar-refractivity contribution is -0.131. The van der Waals surface area contributed by atoms with Crippen LogP contribution in [0.3, 0.4) is 0 Å². The summed E-state index contributed by atoms with van der Waals surface area (Å²) in [5.41, 5.74) is 1.25. The summed E-state index contributed by atoms with van der Waals surface area (Å²) in [6.45, 7) is 5.54. The first-order valence-electron chi connectivity index (χ1n) is 9.68. The molecule has 0 radical (unpaired) electrons. The van der Waals surface area contributed by atoms with Crippen molar-refractivity contribution in [1.29, 1.82) is 0 Å². The molecule has 2 atom stereocenters. The smallest absolute Gasteiger partial charge is 0.227 e. The van der Waals surface area contributed by atoms with Crippen LogP contribution in [-0.4, -0.2) is 47.1 Å². The Morgan fingerprint density at radius 1 is 1.30 bits per heavy atom. The van der Waals surface area contributed by atoms with Gasteiger partial charge in [0.05, 0.1) is 0 Å². The van der Waals surface area contributed by atoms with E-state index in [4.69, 9.17) is 4.52 Å². The number of amides is 1. The van der Waals surface area contributed by atoms with Crippen LogP contribution < -0.4 is 5.32 Å². The van der Waals surface area contributed by atoms with Crippen LogP contribution >= 0.6 is 0 Å². The van der Waals surface area contributed by atoms with E-state index < -0.39 is 0 Å². The Morgan fingerprint density at radius 3 is 2.74 bits per heavy atom. The van der Waals surface area contributed by atoms with Crippen molar-refractivity contribution in [1.82, 2.24) is 20.4 Å². The van der Waals surface area contributed by atoms with Crippen LogP contribution in [0.25, 0.3) is 11.4 Å². The fourth-order valence-electron chi connectivity index (χ4n) is 4.10. The van der Waals surface area contributed by atoms with E-state index in [0.717, 1.165) is 39.0 Å². The molecule has 144 valence electrons. The molecule has 2 aliphatic rings. The summed E-state index contributed by atoms with van der Waals surface area (Å²) in [5.74, 6) is 2.18. The highest BCUT2D eigenvalue weighted by Crippen LogP contribution is 2.27. The summed E-state index contributed by atoms with van der Waals surface area (Å²) in [7, 11) is 0. The van der Waals surface area contributed by atoms with Gasteiger partial charge >= 0.3 is 0 Å². The van der Waals surface area contributed by atoms with Gasteiger partial charge in [0, 0.05) is 31.5 Å². The zero-order valence-electron chi connectivity index (χ0n) is 15.6. The first-order chi connectivity index (χ1) is 13.1. The number of aryl methyl sites for hydroxylation is 2. The summed E-state index contributed by atoms with van der Waals surface area (Å²) in [6.07, 6.45) is 2.96. The second-order valence-corrected chi connectivity index (χ2v) is 7.61. The van der Waals surface area contributed by atoms with Crippen LogP contribution in [0.4, 0.5) is 4.39 Å². The number of benzene rings is 1. The van der Waals surface area contributed by atoms with Gasteiger partial charge in [-0.25, -0.2) is 4.39 Å². The number of aromatic nitrogens is 2. The largest absolute Gasteiger partial charge is 0.343 e. The fourth-order valence-corrected chi connectivity index (χ4v) is 4.10.